The lowest BCUT2D eigenvalue weighted by Gasteiger charge is -2.25. The quantitative estimate of drug-likeness (QED) is 0.907. The minimum Gasteiger partial charge on any atom is -0.336 e. The second kappa shape index (κ2) is 6.52. The van der Waals surface area contributed by atoms with Gasteiger partial charge in [-0.3, -0.25) is 4.79 Å². The van der Waals surface area contributed by atoms with Crippen LogP contribution in [0.3, 0.4) is 0 Å². The Morgan fingerprint density at radius 3 is 2.59 bits per heavy atom. The van der Waals surface area contributed by atoms with Crippen LogP contribution in [0.4, 0.5) is 0 Å². The Balaban J connectivity index is 2.68. The Morgan fingerprint density at radius 2 is 2.18 bits per heavy atom. The molecule has 0 aliphatic rings. The smallest absolute Gasteiger partial charge is 0.240 e. The summed E-state index contributed by atoms with van der Waals surface area (Å²) in [6.07, 6.45) is 0. The third kappa shape index (κ3) is 4.08. The fraction of sp³-hybridized carbons (Fsp3) is 0.583. The molecule has 0 saturated carbocycles. The van der Waals surface area contributed by atoms with Crippen LogP contribution in [0.1, 0.15) is 25.6 Å². The van der Waals surface area contributed by atoms with E-state index in [4.69, 9.17) is 5.73 Å². The molecule has 96 valence electrons. The third-order valence-corrected chi connectivity index (χ3v) is 4.28. The van der Waals surface area contributed by atoms with Gasteiger partial charge in [-0.2, -0.15) is 0 Å². The lowest BCUT2D eigenvalue weighted by molar-refractivity contribution is -0.133. The summed E-state index contributed by atoms with van der Waals surface area (Å²) in [4.78, 5) is 15.1. The normalized spacial score (nSPS) is 12.8. The van der Waals surface area contributed by atoms with Gasteiger partial charge in [-0.1, -0.05) is 13.8 Å². The molecule has 5 heteroatoms. The van der Waals surface area contributed by atoms with Crippen molar-refractivity contribution in [2.45, 2.75) is 33.4 Å². The van der Waals surface area contributed by atoms with Crippen molar-refractivity contribution in [2.75, 3.05) is 6.54 Å². The van der Waals surface area contributed by atoms with Crippen molar-refractivity contribution in [3.8, 4) is 0 Å². The lowest BCUT2D eigenvalue weighted by atomic mass is 10.0. The average molecular weight is 319 g/mol. The molecule has 0 spiro atoms. The standard InChI is InChI=1S/C12H19BrN2OS/c1-4-15(12(16)11(14)8(2)3)7-9-5-6-10(13)17-9/h5-6,8,11H,4,7,14H2,1-3H3. The Labute approximate surface area is 115 Å². The first kappa shape index (κ1) is 14.7. The first-order valence-electron chi connectivity index (χ1n) is 5.74. The van der Waals surface area contributed by atoms with Gasteiger partial charge in [0.15, 0.2) is 0 Å². The van der Waals surface area contributed by atoms with E-state index < -0.39 is 6.04 Å². The van der Waals surface area contributed by atoms with Crippen LogP contribution in [0.2, 0.25) is 0 Å². The zero-order chi connectivity index (χ0) is 13.0. The summed E-state index contributed by atoms with van der Waals surface area (Å²) in [6, 6.07) is 3.63. The predicted octanol–water partition coefficient (Wildman–Crippen LogP) is 2.84. The number of nitrogens with zero attached hydrogens (tertiary/aromatic N) is 1. The molecule has 1 heterocycles. The molecule has 0 radical (unpaired) electrons. The highest BCUT2D eigenvalue weighted by molar-refractivity contribution is 9.11. The SMILES string of the molecule is CCN(Cc1ccc(Br)s1)C(=O)C(N)C(C)C. The van der Waals surface area contributed by atoms with E-state index in [2.05, 4.69) is 15.9 Å². The van der Waals surface area contributed by atoms with Crippen LogP contribution in [0.5, 0.6) is 0 Å². The summed E-state index contributed by atoms with van der Waals surface area (Å²) >= 11 is 5.07. The van der Waals surface area contributed by atoms with Crippen LogP contribution in [0.25, 0.3) is 0 Å². The third-order valence-electron chi connectivity index (χ3n) is 2.67. The molecule has 0 aliphatic heterocycles. The van der Waals surface area contributed by atoms with Crippen LogP contribution in [-0.4, -0.2) is 23.4 Å². The number of rotatable bonds is 5. The number of halogens is 1. The van der Waals surface area contributed by atoms with E-state index in [9.17, 15) is 4.79 Å². The molecule has 2 N–H and O–H groups in total. The van der Waals surface area contributed by atoms with Gasteiger partial charge >= 0.3 is 0 Å². The maximum absolute atomic E-state index is 12.1. The minimum absolute atomic E-state index is 0.0343. The fourth-order valence-electron chi connectivity index (χ4n) is 1.47. The van der Waals surface area contributed by atoms with E-state index in [1.54, 1.807) is 11.3 Å². The second-order valence-corrected chi connectivity index (χ2v) is 6.88. The molecule has 0 aromatic carbocycles. The molecule has 1 rings (SSSR count). The highest BCUT2D eigenvalue weighted by Crippen LogP contribution is 2.23. The molecule has 0 saturated heterocycles. The monoisotopic (exact) mass is 318 g/mol. The van der Waals surface area contributed by atoms with Crippen LogP contribution in [0.15, 0.2) is 15.9 Å². The maximum Gasteiger partial charge on any atom is 0.240 e. The number of hydrogen-bond acceptors (Lipinski definition) is 3. The average Bonchev–Trinajstić information content (AvgIpc) is 2.69. The van der Waals surface area contributed by atoms with Crippen molar-refractivity contribution >= 4 is 33.2 Å². The fourth-order valence-corrected chi connectivity index (χ4v) is 2.97. The van der Waals surface area contributed by atoms with E-state index in [0.717, 1.165) is 3.79 Å². The van der Waals surface area contributed by atoms with Crippen LogP contribution < -0.4 is 5.73 Å². The van der Waals surface area contributed by atoms with Gasteiger partial charge in [-0.05, 0) is 40.9 Å². The Morgan fingerprint density at radius 1 is 1.53 bits per heavy atom. The van der Waals surface area contributed by atoms with E-state index in [-0.39, 0.29) is 11.8 Å². The highest BCUT2D eigenvalue weighted by Gasteiger charge is 2.22. The molecular formula is C12H19BrN2OS. The second-order valence-electron chi connectivity index (χ2n) is 4.33. The predicted molar refractivity (Wildman–Crippen MR) is 75.9 cm³/mol. The van der Waals surface area contributed by atoms with Crippen molar-refractivity contribution < 1.29 is 4.79 Å². The number of hydrogen-bond donors (Lipinski definition) is 1. The Bertz CT molecular complexity index is 378. The summed E-state index contributed by atoms with van der Waals surface area (Å²) in [6.45, 7) is 7.25. The zero-order valence-electron chi connectivity index (χ0n) is 10.4. The number of likely N-dealkylation sites (N-methyl/N-ethyl adjacent to an activating group) is 1. The van der Waals surface area contributed by atoms with Gasteiger partial charge in [0.25, 0.3) is 0 Å². The van der Waals surface area contributed by atoms with Gasteiger partial charge in [0.1, 0.15) is 0 Å². The van der Waals surface area contributed by atoms with Gasteiger partial charge < -0.3 is 10.6 Å². The Hall–Kier alpha value is -0.390. The summed E-state index contributed by atoms with van der Waals surface area (Å²) < 4.78 is 1.09. The van der Waals surface area contributed by atoms with E-state index in [1.165, 1.54) is 4.88 Å². The van der Waals surface area contributed by atoms with E-state index >= 15 is 0 Å². The number of carbonyl (C=O) groups excluding carboxylic acids is 1. The van der Waals surface area contributed by atoms with Gasteiger partial charge in [0.2, 0.25) is 5.91 Å². The van der Waals surface area contributed by atoms with Gasteiger partial charge in [0.05, 0.1) is 16.4 Å². The summed E-state index contributed by atoms with van der Waals surface area (Å²) in [7, 11) is 0. The molecule has 3 nitrogen and oxygen atoms in total. The molecule has 1 amide bonds. The lowest BCUT2D eigenvalue weighted by Crippen LogP contribution is -2.46. The molecule has 1 aromatic heterocycles. The van der Waals surface area contributed by atoms with E-state index in [0.29, 0.717) is 13.1 Å². The topological polar surface area (TPSA) is 46.3 Å². The van der Waals surface area contributed by atoms with Crippen LogP contribution in [0, 0.1) is 5.92 Å². The largest absolute Gasteiger partial charge is 0.336 e. The number of nitrogens with two attached hydrogens (primary N) is 1. The maximum atomic E-state index is 12.1. The molecule has 1 atom stereocenters. The molecule has 0 bridgehead atoms. The van der Waals surface area contributed by atoms with Crippen molar-refractivity contribution in [2.24, 2.45) is 11.7 Å². The Kier molecular flexibility index (Phi) is 5.62. The first-order valence-corrected chi connectivity index (χ1v) is 7.35. The number of thiophene rings is 1. The molecular weight excluding hydrogens is 300 g/mol. The van der Waals surface area contributed by atoms with Gasteiger partial charge in [-0.25, -0.2) is 0 Å². The zero-order valence-corrected chi connectivity index (χ0v) is 12.8. The molecule has 1 aromatic rings. The van der Waals surface area contributed by atoms with Crippen LogP contribution >= 0.6 is 27.3 Å². The molecule has 0 aliphatic carbocycles. The van der Waals surface area contributed by atoms with Gasteiger partial charge in [0, 0.05) is 11.4 Å². The minimum atomic E-state index is -0.404. The highest BCUT2D eigenvalue weighted by atomic mass is 79.9. The van der Waals surface area contributed by atoms with Crippen molar-refractivity contribution in [3.05, 3.63) is 20.8 Å². The summed E-state index contributed by atoms with van der Waals surface area (Å²) in [5.74, 6) is 0.207. The summed E-state index contributed by atoms with van der Waals surface area (Å²) in [5.41, 5.74) is 5.90. The van der Waals surface area contributed by atoms with E-state index in [1.807, 2.05) is 37.8 Å². The first-order chi connectivity index (χ1) is 7.95. The van der Waals surface area contributed by atoms with Crippen molar-refractivity contribution in [1.29, 1.82) is 0 Å². The number of carbonyl (C=O) groups is 1. The number of amides is 1. The van der Waals surface area contributed by atoms with Gasteiger partial charge in [-0.15, -0.1) is 11.3 Å². The van der Waals surface area contributed by atoms with Crippen LogP contribution in [-0.2, 0) is 11.3 Å². The molecule has 17 heavy (non-hydrogen) atoms. The molecule has 0 fully saturated rings. The van der Waals surface area contributed by atoms with Crippen molar-refractivity contribution in [1.82, 2.24) is 4.90 Å². The summed E-state index contributed by atoms with van der Waals surface area (Å²) in [5, 5.41) is 0. The molecule has 1 unspecified atom stereocenters. The van der Waals surface area contributed by atoms with Crippen molar-refractivity contribution in [3.63, 3.8) is 0 Å².